The van der Waals surface area contributed by atoms with Gasteiger partial charge in [-0.05, 0) is 25.3 Å². The van der Waals surface area contributed by atoms with E-state index in [1.165, 1.54) is 11.3 Å². The second-order valence-electron chi connectivity index (χ2n) is 5.93. The number of hydrogen-bond donors (Lipinski definition) is 0. The predicted octanol–water partition coefficient (Wildman–Crippen LogP) is 3.37. The van der Waals surface area contributed by atoms with Crippen molar-refractivity contribution in [3.05, 3.63) is 52.5 Å². The molecule has 0 spiro atoms. The van der Waals surface area contributed by atoms with Crippen molar-refractivity contribution in [3.63, 3.8) is 0 Å². The number of benzene rings is 1. The van der Waals surface area contributed by atoms with E-state index >= 15 is 0 Å². The maximum atomic E-state index is 12.6. The van der Waals surface area contributed by atoms with E-state index in [1.807, 2.05) is 47.5 Å². The normalized spacial score (nSPS) is 17.0. The summed E-state index contributed by atoms with van der Waals surface area (Å²) < 4.78 is 0. The molecular weight excluding hydrogens is 308 g/mol. The summed E-state index contributed by atoms with van der Waals surface area (Å²) in [5, 5.41) is 2.42. The van der Waals surface area contributed by atoms with Crippen molar-refractivity contribution >= 4 is 23.0 Å². The lowest BCUT2D eigenvalue weighted by atomic mass is 9.91. The van der Waals surface area contributed by atoms with E-state index in [-0.39, 0.29) is 23.5 Å². The van der Waals surface area contributed by atoms with Crippen LogP contribution in [0.25, 0.3) is 0 Å². The molecule has 1 aromatic carbocycles. The Kier molecular flexibility index (Phi) is 4.86. The molecule has 2 heterocycles. The maximum absolute atomic E-state index is 12.6. The van der Waals surface area contributed by atoms with Gasteiger partial charge in [-0.3, -0.25) is 9.59 Å². The van der Waals surface area contributed by atoms with Gasteiger partial charge in [0.05, 0.1) is 5.92 Å². The lowest BCUT2D eigenvalue weighted by Gasteiger charge is -2.32. The standard InChI is InChI=1S/C18H20N2O2S/c1-13(14-5-3-2-4-6-14)18(22)20-10-7-15(8-11-20)16(21)17-19-9-12-23-17/h2-6,9,12-13,15H,7-8,10-11H2,1H3/t13-/m0/s1. The van der Waals surface area contributed by atoms with Crippen molar-refractivity contribution in [2.75, 3.05) is 13.1 Å². The molecule has 0 N–H and O–H groups in total. The number of rotatable bonds is 4. The monoisotopic (exact) mass is 328 g/mol. The van der Waals surface area contributed by atoms with Gasteiger partial charge in [-0.15, -0.1) is 11.3 Å². The quantitative estimate of drug-likeness (QED) is 0.809. The highest BCUT2D eigenvalue weighted by atomic mass is 32.1. The van der Waals surface area contributed by atoms with E-state index in [2.05, 4.69) is 4.98 Å². The van der Waals surface area contributed by atoms with E-state index in [0.29, 0.717) is 18.1 Å². The lowest BCUT2D eigenvalue weighted by Crippen LogP contribution is -2.42. The molecule has 0 unspecified atom stereocenters. The highest BCUT2D eigenvalue weighted by Gasteiger charge is 2.30. The first-order valence-corrected chi connectivity index (χ1v) is 8.82. The van der Waals surface area contributed by atoms with Crippen molar-refractivity contribution < 1.29 is 9.59 Å². The molecule has 1 saturated heterocycles. The molecule has 1 amide bonds. The molecular formula is C18H20N2O2S. The van der Waals surface area contributed by atoms with E-state index in [9.17, 15) is 9.59 Å². The summed E-state index contributed by atoms with van der Waals surface area (Å²) in [6.07, 6.45) is 3.12. The first kappa shape index (κ1) is 15.9. The van der Waals surface area contributed by atoms with Gasteiger partial charge in [0.25, 0.3) is 0 Å². The molecule has 1 aliphatic rings. The van der Waals surface area contributed by atoms with E-state index in [0.717, 1.165) is 18.4 Å². The number of Topliss-reactive ketones (excluding diaryl/α,β-unsaturated/α-hetero) is 1. The summed E-state index contributed by atoms with van der Waals surface area (Å²) in [5.74, 6) is 0.138. The molecule has 23 heavy (non-hydrogen) atoms. The predicted molar refractivity (Wildman–Crippen MR) is 90.6 cm³/mol. The Morgan fingerprint density at radius 1 is 1.22 bits per heavy atom. The van der Waals surface area contributed by atoms with Crippen molar-refractivity contribution in [3.8, 4) is 0 Å². The second kappa shape index (κ2) is 7.04. The summed E-state index contributed by atoms with van der Waals surface area (Å²) >= 11 is 1.39. The third kappa shape index (κ3) is 3.50. The molecule has 1 aromatic heterocycles. The Morgan fingerprint density at radius 2 is 1.91 bits per heavy atom. The van der Waals surface area contributed by atoms with Crippen LogP contribution >= 0.6 is 11.3 Å². The minimum Gasteiger partial charge on any atom is -0.342 e. The van der Waals surface area contributed by atoms with Crippen LogP contribution in [0, 0.1) is 5.92 Å². The molecule has 1 aliphatic heterocycles. The highest BCUT2D eigenvalue weighted by Crippen LogP contribution is 2.25. The van der Waals surface area contributed by atoms with Gasteiger partial charge in [0.2, 0.25) is 5.91 Å². The molecule has 5 heteroatoms. The molecule has 120 valence electrons. The Morgan fingerprint density at radius 3 is 2.52 bits per heavy atom. The van der Waals surface area contributed by atoms with Crippen LogP contribution < -0.4 is 0 Å². The fourth-order valence-electron chi connectivity index (χ4n) is 3.04. The SMILES string of the molecule is C[C@H](C(=O)N1CCC(C(=O)c2nccs2)CC1)c1ccccc1. The number of carbonyl (C=O) groups excluding carboxylic acids is 2. The van der Waals surface area contributed by atoms with E-state index in [1.54, 1.807) is 6.20 Å². The average molecular weight is 328 g/mol. The topological polar surface area (TPSA) is 50.3 Å². The molecule has 0 bridgehead atoms. The van der Waals surface area contributed by atoms with Gasteiger partial charge >= 0.3 is 0 Å². The number of piperidine rings is 1. The van der Waals surface area contributed by atoms with Crippen LogP contribution in [0.1, 0.15) is 41.0 Å². The number of nitrogens with zero attached hydrogens (tertiary/aromatic N) is 2. The Balaban J connectivity index is 1.58. The third-order valence-corrected chi connectivity index (χ3v) is 5.28. The number of aromatic nitrogens is 1. The first-order chi connectivity index (χ1) is 11.2. The zero-order chi connectivity index (χ0) is 16.2. The number of hydrogen-bond acceptors (Lipinski definition) is 4. The highest BCUT2D eigenvalue weighted by molar-refractivity contribution is 7.11. The second-order valence-corrected chi connectivity index (χ2v) is 6.83. The zero-order valence-corrected chi connectivity index (χ0v) is 14.0. The van der Waals surface area contributed by atoms with Crippen LogP contribution in [-0.4, -0.2) is 34.7 Å². The minimum absolute atomic E-state index is 0.00256. The molecule has 2 aromatic rings. The van der Waals surface area contributed by atoms with Gasteiger partial charge in [-0.25, -0.2) is 4.98 Å². The Hall–Kier alpha value is -2.01. The molecule has 4 nitrogen and oxygen atoms in total. The van der Waals surface area contributed by atoms with Gasteiger partial charge in [0, 0.05) is 30.6 Å². The molecule has 1 fully saturated rings. The number of ketones is 1. The van der Waals surface area contributed by atoms with Crippen LogP contribution in [-0.2, 0) is 4.79 Å². The fourth-order valence-corrected chi connectivity index (χ4v) is 3.70. The van der Waals surface area contributed by atoms with Gasteiger partial charge < -0.3 is 4.90 Å². The summed E-state index contributed by atoms with van der Waals surface area (Å²) in [4.78, 5) is 31.0. The molecule has 0 radical (unpaired) electrons. The lowest BCUT2D eigenvalue weighted by molar-refractivity contribution is -0.133. The number of likely N-dealkylation sites (tertiary alicyclic amines) is 1. The van der Waals surface area contributed by atoms with Crippen LogP contribution in [0.3, 0.4) is 0 Å². The van der Waals surface area contributed by atoms with Crippen LogP contribution in [0.5, 0.6) is 0 Å². The first-order valence-electron chi connectivity index (χ1n) is 7.94. The van der Waals surface area contributed by atoms with Gasteiger partial charge in [-0.2, -0.15) is 0 Å². The largest absolute Gasteiger partial charge is 0.342 e. The minimum atomic E-state index is -0.137. The third-order valence-electron chi connectivity index (χ3n) is 4.49. The van der Waals surface area contributed by atoms with Gasteiger partial charge in [0.1, 0.15) is 0 Å². The Labute approximate surface area is 140 Å². The molecule has 0 saturated carbocycles. The molecule has 1 atom stereocenters. The van der Waals surface area contributed by atoms with Crippen molar-refractivity contribution in [2.24, 2.45) is 5.92 Å². The summed E-state index contributed by atoms with van der Waals surface area (Å²) in [5.41, 5.74) is 1.04. The van der Waals surface area contributed by atoms with Crippen LogP contribution in [0.4, 0.5) is 0 Å². The number of thiazole rings is 1. The summed E-state index contributed by atoms with van der Waals surface area (Å²) in [6, 6.07) is 9.84. The number of amides is 1. The smallest absolute Gasteiger partial charge is 0.229 e. The van der Waals surface area contributed by atoms with Crippen molar-refractivity contribution in [2.45, 2.75) is 25.7 Å². The van der Waals surface area contributed by atoms with Crippen LogP contribution in [0.2, 0.25) is 0 Å². The van der Waals surface area contributed by atoms with E-state index < -0.39 is 0 Å². The summed E-state index contributed by atoms with van der Waals surface area (Å²) in [7, 11) is 0. The number of carbonyl (C=O) groups is 2. The summed E-state index contributed by atoms with van der Waals surface area (Å²) in [6.45, 7) is 3.25. The van der Waals surface area contributed by atoms with Gasteiger partial charge in [0.15, 0.2) is 10.8 Å². The Bertz CT molecular complexity index is 662. The van der Waals surface area contributed by atoms with E-state index in [4.69, 9.17) is 0 Å². The molecule has 3 rings (SSSR count). The van der Waals surface area contributed by atoms with Crippen LogP contribution in [0.15, 0.2) is 41.9 Å². The van der Waals surface area contributed by atoms with Crippen molar-refractivity contribution in [1.82, 2.24) is 9.88 Å². The zero-order valence-electron chi connectivity index (χ0n) is 13.1. The maximum Gasteiger partial charge on any atom is 0.229 e. The average Bonchev–Trinajstić information content (AvgIpc) is 3.15. The fraction of sp³-hybridized carbons (Fsp3) is 0.389. The molecule has 0 aliphatic carbocycles. The van der Waals surface area contributed by atoms with Crippen molar-refractivity contribution in [1.29, 1.82) is 0 Å². The van der Waals surface area contributed by atoms with Gasteiger partial charge in [-0.1, -0.05) is 30.3 Å².